The van der Waals surface area contributed by atoms with Gasteiger partial charge in [-0.05, 0) is 18.1 Å². The predicted molar refractivity (Wildman–Crippen MR) is 80.3 cm³/mol. The topological polar surface area (TPSA) is 35.5 Å². The van der Waals surface area contributed by atoms with Crippen LogP contribution in [0.3, 0.4) is 0 Å². The van der Waals surface area contributed by atoms with E-state index in [1.54, 1.807) is 0 Å². The van der Waals surface area contributed by atoms with Crippen LogP contribution < -0.4 is 5.32 Å². The van der Waals surface area contributed by atoms with Crippen LogP contribution in [0, 0.1) is 0 Å². The maximum Gasteiger partial charge on any atom is 0.0449 e. The Kier molecular flexibility index (Phi) is 7.19. The van der Waals surface area contributed by atoms with Gasteiger partial charge in [-0.25, -0.2) is 0 Å². The first kappa shape index (κ1) is 15.9. The van der Waals surface area contributed by atoms with E-state index in [0.717, 1.165) is 37.1 Å². The van der Waals surface area contributed by atoms with E-state index in [1.807, 2.05) is 6.07 Å². The Bertz CT molecular complexity index is 359. The Labute approximate surface area is 123 Å². The monoisotopic (exact) mass is 334 g/mol. The van der Waals surface area contributed by atoms with Gasteiger partial charge in [0, 0.05) is 43.3 Å². The standard InChI is InChI=1S/C13H19BrN2O.ClH/c14-12-4-2-1-3-11(12)13(5-10-17)16-8-6-15-7-9-16;/h1-4,13,15,17H,5-10H2;1H/t13-;/m1./s1. The lowest BCUT2D eigenvalue weighted by molar-refractivity contribution is 0.140. The van der Waals surface area contributed by atoms with Crippen molar-refractivity contribution in [3.8, 4) is 0 Å². The average Bonchev–Trinajstić information content (AvgIpc) is 2.38. The number of piperazine rings is 1. The molecule has 1 aromatic carbocycles. The number of benzene rings is 1. The first-order valence-electron chi connectivity index (χ1n) is 6.13. The van der Waals surface area contributed by atoms with E-state index >= 15 is 0 Å². The lowest BCUT2D eigenvalue weighted by Gasteiger charge is -2.35. The van der Waals surface area contributed by atoms with Gasteiger partial charge in [0.05, 0.1) is 0 Å². The normalized spacial score (nSPS) is 18.1. The van der Waals surface area contributed by atoms with E-state index < -0.39 is 0 Å². The molecule has 102 valence electrons. The first-order valence-corrected chi connectivity index (χ1v) is 6.92. The van der Waals surface area contributed by atoms with Crippen LogP contribution in [-0.4, -0.2) is 42.8 Å². The van der Waals surface area contributed by atoms with Crippen LogP contribution in [0.4, 0.5) is 0 Å². The van der Waals surface area contributed by atoms with Crippen molar-refractivity contribution < 1.29 is 5.11 Å². The third-order valence-corrected chi connectivity index (χ3v) is 3.98. The Morgan fingerprint density at radius 1 is 1.28 bits per heavy atom. The van der Waals surface area contributed by atoms with Crippen molar-refractivity contribution in [3.63, 3.8) is 0 Å². The SMILES string of the molecule is Cl.OCC[C@H](c1ccccc1Br)N1CCNCC1. The third kappa shape index (κ3) is 3.93. The molecule has 0 bridgehead atoms. The summed E-state index contributed by atoms with van der Waals surface area (Å²) in [7, 11) is 0. The molecule has 0 radical (unpaired) electrons. The van der Waals surface area contributed by atoms with Gasteiger partial charge in [-0.2, -0.15) is 0 Å². The molecule has 0 amide bonds. The molecule has 2 rings (SSSR count). The van der Waals surface area contributed by atoms with E-state index in [1.165, 1.54) is 5.56 Å². The van der Waals surface area contributed by atoms with Crippen molar-refractivity contribution in [3.05, 3.63) is 34.3 Å². The number of nitrogens with one attached hydrogen (secondary N) is 1. The van der Waals surface area contributed by atoms with Crippen LogP contribution in [0.2, 0.25) is 0 Å². The van der Waals surface area contributed by atoms with Crippen molar-refractivity contribution in [2.45, 2.75) is 12.5 Å². The summed E-state index contributed by atoms with van der Waals surface area (Å²) >= 11 is 3.61. The van der Waals surface area contributed by atoms with Gasteiger partial charge in [0.25, 0.3) is 0 Å². The summed E-state index contributed by atoms with van der Waals surface area (Å²) in [6.07, 6.45) is 0.794. The highest BCUT2D eigenvalue weighted by atomic mass is 79.9. The van der Waals surface area contributed by atoms with E-state index in [-0.39, 0.29) is 19.0 Å². The van der Waals surface area contributed by atoms with Crippen molar-refractivity contribution in [1.29, 1.82) is 0 Å². The summed E-state index contributed by atoms with van der Waals surface area (Å²) in [5, 5.41) is 12.6. The number of aliphatic hydroxyl groups is 1. The fraction of sp³-hybridized carbons (Fsp3) is 0.538. The molecule has 1 aliphatic heterocycles. The second kappa shape index (κ2) is 8.12. The van der Waals surface area contributed by atoms with Crippen LogP contribution >= 0.6 is 28.3 Å². The van der Waals surface area contributed by atoms with Gasteiger partial charge in [-0.1, -0.05) is 34.1 Å². The van der Waals surface area contributed by atoms with E-state index in [4.69, 9.17) is 0 Å². The number of aliphatic hydroxyl groups excluding tert-OH is 1. The second-order valence-corrected chi connectivity index (χ2v) is 5.19. The fourth-order valence-corrected chi connectivity index (χ4v) is 2.95. The maximum absolute atomic E-state index is 9.26. The average molecular weight is 336 g/mol. The zero-order valence-electron chi connectivity index (χ0n) is 10.3. The highest BCUT2D eigenvalue weighted by molar-refractivity contribution is 9.10. The molecule has 0 unspecified atom stereocenters. The summed E-state index contributed by atoms with van der Waals surface area (Å²) in [5.41, 5.74) is 1.28. The summed E-state index contributed by atoms with van der Waals surface area (Å²) in [4.78, 5) is 2.45. The Balaban J connectivity index is 0.00000162. The van der Waals surface area contributed by atoms with Crippen molar-refractivity contribution >= 4 is 28.3 Å². The van der Waals surface area contributed by atoms with Crippen molar-refractivity contribution in [2.75, 3.05) is 32.8 Å². The maximum atomic E-state index is 9.26. The smallest absolute Gasteiger partial charge is 0.0449 e. The molecule has 0 aromatic heterocycles. The molecule has 2 N–H and O–H groups in total. The highest BCUT2D eigenvalue weighted by Gasteiger charge is 2.22. The largest absolute Gasteiger partial charge is 0.396 e. The minimum Gasteiger partial charge on any atom is -0.396 e. The van der Waals surface area contributed by atoms with E-state index in [9.17, 15) is 5.11 Å². The number of halogens is 2. The summed E-state index contributed by atoms with van der Waals surface area (Å²) in [6, 6.07) is 8.63. The zero-order chi connectivity index (χ0) is 12.1. The number of nitrogens with zero attached hydrogens (tertiary/aromatic N) is 1. The lowest BCUT2D eigenvalue weighted by Crippen LogP contribution is -2.45. The van der Waals surface area contributed by atoms with Crippen LogP contribution in [0.15, 0.2) is 28.7 Å². The molecular formula is C13H20BrClN2O. The van der Waals surface area contributed by atoms with Gasteiger partial charge in [0.15, 0.2) is 0 Å². The number of rotatable bonds is 4. The van der Waals surface area contributed by atoms with E-state index in [0.29, 0.717) is 6.04 Å². The molecule has 3 nitrogen and oxygen atoms in total. The molecular weight excluding hydrogens is 316 g/mol. The van der Waals surface area contributed by atoms with Gasteiger partial charge in [0.2, 0.25) is 0 Å². The third-order valence-electron chi connectivity index (χ3n) is 3.26. The van der Waals surface area contributed by atoms with Gasteiger partial charge in [0.1, 0.15) is 0 Å². The molecule has 0 saturated carbocycles. The van der Waals surface area contributed by atoms with Crippen molar-refractivity contribution in [2.24, 2.45) is 0 Å². The molecule has 0 spiro atoms. The second-order valence-electron chi connectivity index (χ2n) is 4.34. The van der Waals surface area contributed by atoms with E-state index in [2.05, 4.69) is 44.3 Å². The predicted octanol–water partition coefficient (Wildman–Crippen LogP) is 2.20. The molecule has 1 atom stereocenters. The number of hydrogen-bond donors (Lipinski definition) is 2. The molecule has 1 heterocycles. The zero-order valence-corrected chi connectivity index (χ0v) is 12.7. The minimum absolute atomic E-state index is 0. The minimum atomic E-state index is 0. The van der Waals surface area contributed by atoms with Gasteiger partial charge in [-0.3, -0.25) is 4.90 Å². The number of hydrogen-bond acceptors (Lipinski definition) is 3. The van der Waals surface area contributed by atoms with Gasteiger partial charge >= 0.3 is 0 Å². The Hall–Kier alpha value is -0.130. The molecule has 1 saturated heterocycles. The van der Waals surface area contributed by atoms with Crippen molar-refractivity contribution in [1.82, 2.24) is 10.2 Å². The van der Waals surface area contributed by atoms with Gasteiger partial charge in [-0.15, -0.1) is 12.4 Å². The molecule has 1 fully saturated rings. The molecule has 0 aliphatic carbocycles. The molecule has 5 heteroatoms. The Morgan fingerprint density at radius 3 is 2.56 bits per heavy atom. The summed E-state index contributed by atoms with van der Waals surface area (Å²) in [6.45, 7) is 4.40. The van der Waals surface area contributed by atoms with Crippen LogP contribution in [0.1, 0.15) is 18.0 Å². The van der Waals surface area contributed by atoms with Gasteiger partial charge < -0.3 is 10.4 Å². The molecule has 1 aromatic rings. The lowest BCUT2D eigenvalue weighted by atomic mass is 10.0. The quantitative estimate of drug-likeness (QED) is 0.885. The summed E-state index contributed by atoms with van der Waals surface area (Å²) in [5.74, 6) is 0. The Morgan fingerprint density at radius 2 is 1.94 bits per heavy atom. The highest BCUT2D eigenvalue weighted by Crippen LogP contribution is 2.30. The fourth-order valence-electron chi connectivity index (χ4n) is 2.40. The molecule has 18 heavy (non-hydrogen) atoms. The first-order chi connectivity index (χ1) is 8.33. The van der Waals surface area contributed by atoms with Crippen LogP contribution in [-0.2, 0) is 0 Å². The van der Waals surface area contributed by atoms with Crippen LogP contribution in [0.5, 0.6) is 0 Å². The van der Waals surface area contributed by atoms with Crippen LogP contribution in [0.25, 0.3) is 0 Å². The molecule has 1 aliphatic rings. The summed E-state index contributed by atoms with van der Waals surface area (Å²) < 4.78 is 1.14.